The molecule has 0 radical (unpaired) electrons. The number of thioether (sulfide) groups is 1. The summed E-state index contributed by atoms with van der Waals surface area (Å²) in [5, 5.41) is 9.74. The molecule has 3 aromatic carbocycles. The number of nitrogens with one attached hydrogen (secondary N) is 3. The van der Waals surface area contributed by atoms with E-state index in [0.717, 1.165) is 49.6 Å². The first-order valence-electron chi connectivity index (χ1n) is 20.9. The third-order valence-corrected chi connectivity index (χ3v) is 14.8. The fourth-order valence-corrected chi connectivity index (χ4v) is 10.9. The van der Waals surface area contributed by atoms with Gasteiger partial charge in [0.1, 0.15) is 24.0 Å². The first-order valence-corrected chi connectivity index (χ1v) is 24.9. The summed E-state index contributed by atoms with van der Waals surface area (Å²) in [7, 11) is -0.941. The van der Waals surface area contributed by atoms with Gasteiger partial charge in [-0.1, -0.05) is 29.8 Å². The quantitative estimate of drug-likeness (QED) is 0.0859. The molecule has 0 spiro atoms. The molecule has 0 aliphatic carbocycles. The van der Waals surface area contributed by atoms with E-state index in [-0.39, 0.29) is 36.3 Å². The number of nitrogens with zero attached hydrogens (tertiary/aromatic N) is 6. The van der Waals surface area contributed by atoms with Crippen LogP contribution in [0.2, 0.25) is 5.02 Å². The van der Waals surface area contributed by atoms with Gasteiger partial charge in [-0.25, -0.2) is 4.98 Å². The second-order valence-corrected chi connectivity index (χ2v) is 21.0. The van der Waals surface area contributed by atoms with Gasteiger partial charge in [-0.05, 0) is 69.0 Å². The standard InChI is InChI=1S/C44H49ClN9O7PS/c1-61-34-25-28(11-12-31(34)48-44-46-26-30(45)40(50-44)47-32-8-4-5-9-35(32)62(2,3)60)51-18-15-27(16-19-51)52-20-22-53(23-21-52)38(56)17-24-63-36-10-6-7-29-39(36)43(59)54(42(29)58)33-13-14-37(55)49-41(33)57/h4-12,25-27,33H,13-24H2,1-3H3,(H,49,55,57)(H2,46,47,48,50). The van der Waals surface area contributed by atoms with Gasteiger partial charge in [-0.15, -0.1) is 11.8 Å². The van der Waals surface area contributed by atoms with Gasteiger partial charge < -0.3 is 29.7 Å². The summed E-state index contributed by atoms with van der Waals surface area (Å²) in [6.07, 6.45) is 3.92. The van der Waals surface area contributed by atoms with Crippen LogP contribution in [-0.2, 0) is 18.9 Å². The van der Waals surface area contributed by atoms with Crippen LogP contribution in [0.3, 0.4) is 0 Å². The number of piperazine rings is 1. The molecule has 5 heterocycles. The van der Waals surface area contributed by atoms with Crippen LogP contribution >= 0.6 is 30.5 Å². The molecule has 4 aliphatic heterocycles. The minimum atomic E-state index is -2.57. The van der Waals surface area contributed by atoms with E-state index >= 15 is 0 Å². The molecule has 0 bridgehead atoms. The Hall–Kier alpha value is -5.48. The van der Waals surface area contributed by atoms with Crippen molar-refractivity contribution in [2.24, 2.45) is 0 Å². The molecule has 3 fully saturated rings. The van der Waals surface area contributed by atoms with Gasteiger partial charge >= 0.3 is 0 Å². The average Bonchev–Trinajstić information content (AvgIpc) is 3.53. The van der Waals surface area contributed by atoms with Crippen LogP contribution in [0.1, 0.15) is 52.8 Å². The van der Waals surface area contributed by atoms with Crippen molar-refractivity contribution in [3.63, 3.8) is 0 Å². The zero-order chi connectivity index (χ0) is 44.4. The second kappa shape index (κ2) is 18.7. The highest BCUT2D eigenvalue weighted by Gasteiger charge is 2.45. The van der Waals surface area contributed by atoms with Gasteiger partial charge in [0, 0.05) is 85.9 Å². The summed E-state index contributed by atoms with van der Waals surface area (Å²) < 4.78 is 18.7. The maximum Gasteiger partial charge on any atom is 0.263 e. The van der Waals surface area contributed by atoms with Crippen molar-refractivity contribution < 1.29 is 33.3 Å². The number of piperidine rings is 2. The molecule has 0 saturated carbocycles. The molecular formula is C44H49ClN9O7PS. The monoisotopic (exact) mass is 913 g/mol. The Bertz CT molecular complexity index is 2510. The number of halogens is 1. The maximum atomic E-state index is 13.5. The number of carbonyl (C=O) groups is 5. The van der Waals surface area contributed by atoms with Gasteiger partial charge in [0.25, 0.3) is 11.8 Å². The number of para-hydroxylation sites is 1. The lowest BCUT2D eigenvalue weighted by molar-refractivity contribution is -0.136. The van der Waals surface area contributed by atoms with E-state index in [1.807, 2.05) is 41.3 Å². The summed E-state index contributed by atoms with van der Waals surface area (Å²) in [5.74, 6) is -0.345. The molecule has 4 aromatic rings. The largest absolute Gasteiger partial charge is 0.494 e. The van der Waals surface area contributed by atoms with Crippen LogP contribution in [-0.4, -0.2) is 132 Å². The Labute approximate surface area is 374 Å². The van der Waals surface area contributed by atoms with Crippen LogP contribution in [0, 0.1) is 0 Å². The lowest BCUT2D eigenvalue weighted by Gasteiger charge is -2.43. The minimum absolute atomic E-state index is 0.0514. The molecule has 3 N–H and O–H groups in total. The summed E-state index contributed by atoms with van der Waals surface area (Å²) in [4.78, 5) is 81.4. The number of hydrogen-bond acceptors (Lipinski definition) is 14. The third-order valence-electron chi connectivity index (χ3n) is 11.9. The summed E-state index contributed by atoms with van der Waals surface area (Å²) in [5.41, 5.74) is 2.88. The molecule has 4 aliphatic rings. The lowest BCUT2D eigenvalue weighted by atomic mass is 10.0. The number of benzene rings is 3. The van der Waals surface area contributed by atoms with Gasteiger partial charge in [0.05, 0.1) is 35.8 Å². The summed E-state index contributed by atoms with van der Waals surface area (Å²) in [6, 6.07) is 17.8. The molecule has 1 unspecified atom stereocenters. The zero-order valence-corrected chi connectivity index (χ0v) is 37.7. The van der Waals surface area contributed by atoms with Crippen LogP contribution in [0.4, 0.5) is 28.8 Å². The molecule has 1 aromatic heterocycles. The Morgan fingerprint density at radius 1 is 0.921 bits per heavy atom. The fourth-order valence-electron chi connectivity index (χ4n) is 8.63. The van der Waals surface area contributed by atoms with Gasteiger partial charge in [0.15, 0.2) is 5.82 Å². The number of aromatic nitrogens is 2. The molecule has 5 amide bonds. The number of carbonyl (C=O) groups excluding carboxylic acids is 5. The zero-order valence-electron chi connectivity index (χ0n) is 35.3. The van der Waals surface area contributed by atoms with Crippen LogP contribution in [0.25, 0.3) is 0 Å². The summed E-state index contributed by atoms with van der Waals surface area (Å²) >= 11 is 7.83. The van der Waals surface area contributed by atoms with E-state index in [4.69, 9.17) is 16.3 Å². The number of methoxy groups -OCH3 is 1. The number of fused-ring (bicyclic) bond motifs is 1. The molecule has 63 heavy (non-hydrogen) atoms. The van der Waals surface area contributed by atoms with E-state index in [0.29, 0.717) is 69.0 Å². The molecule has 8 rings (SSSR count). The molecule has 1 atom stereocenters. The Morgan fingerprint density at radius 2 is 1.68 bits per heavy atom. The van der Waals surface area contributed by atoms with E-state index in [2.05, 4.69) is 41.8 Å². The molecule has 330 valence electrons. The van der Waals surface area contributed by atoms with Gasteiger partial charge in [0.2, 0.25) is 23.7 Å². The highest BCUT2D eigenvalue weighted by atomic mass is 35.5. The van der Waals surface area contributed by atoms with E-state index in [9.17, 15) is 28.5 Å². The van der Waals surface area contributed by atoms with Crippen LogP contribution in [0.15, 0.2) is 71.8 Å². The molecule has 19 heteroatoms. The van der Waals surface area contributed by atoms with Crippen LogP contribution < -0.4 is 30.9 Å². The smallest absolute Gasteiger partial charge is 0.263 e. The second-order valence-electron chi connectivity index (χ2n) is 16.3. The van der Waals surface area contributed by atoms with Crippen molar-refractivity contribution >= 4 is 94.2 Å². The van der Waals surface area contributed by atoms with Crippen molar-refractivity contribution in [3.05, 3.63) is 83.0 Å². The van der Waals surface area contributed by atoms with Crippen molar-refractivity contribution in [3.8, 4) is 5.75 Å². The maximum absolute atomic E-state index is 13.5. The fraction of sp³-hybridized carbons (Fsp3) is 0.386. The highest BCUT2D eigenvalue weighted by Crippen LogP contribution is 2.40. The van der Waals surface area contributed by atoms with Crippen molar-refractivity contribution in [1.82, 2.24) is 30.0 Å². The Balaban J connectivity index is 0.801. The molecular weight excluding hydrogens is 865 g/mol. The predicted octanol–water partition coefficient (Wildman–Crippen LogP) is 5.57. The van der Waals surface area contributed by atoms with Crippen molar-refractivity contribution in [2.75, 3.05) is 81.0 Å². The predicted molar refractivity (Wildman–Crippen MR) is 244 cm³/mol. The molecule has 3 saturated heterocycles. The topological polar surface area (TPSA) is 186 Å². The van der Waals surface area contributed by atoms with Crippen molar-refractivity contribution in [1.29, 1.82) is 0 Å². The first-order chi connectivity index (χ1) is 30.3. The Morgan fingerprint density at radius 3 is 2.41 bits per heavy atom. The SMILES string of the molecule is COc1cc(N2CCC(N3CCN(C(=O)CCSc4cccc5c4C(=O)N(C4CCC(=O)NC4=O)C5=O)CC3)CC2)ccc1Nc1ncc(Cl)c(Nc2ccccc2P(C)(C)=O)n1. The summed E-state index contributed by atoms with van der Waals surface area (Å²) in [6.45, 7) is 8.07. The third kappa shape index (κ3) is 9.57. The Kier molecular flexibility index (Phi) is 13.1. The van der Waals surface area contributed by atoms with E-state index in [1.54, 1.807) is 38.6 Å². The number of anilines is 5. The number of rotatable bonds is 13. The van der Waals surface area contributed by atoms with E-state index in [1.165, 1.54) is 18.0 Å². The van der Waals surface area contributed by atoms with Crippen molar-refractivity contribution in [2.45, 2.75) is 49.1 Å². The van der Waals surface area contributed by atoms with Gasteiger partial charge in [-0.3, -0.25) is 39.1 Å². The highest BCUT2D eigenvalue weighted by molar-refractivity contribution is 7.99. The number of amides is 5. The average molecular weight is 914 g/mol. The molecule has 16 nitrogen and oxygen atoms in total. The lowest BCUT2D eigenvalue weighted by Crippen LogP contribution is -2.54. The van der Waals surface area contributed by atoms with E-state index < -0.39 is 36.8 Å². The number of ether oxygens (including phenoxy) is 1. The van der Waals surface area contributed by atoms with Crippen LogP contribution in [0.5, 0.6) is 5.75 Å². The minimum Gasteiger partial charge on any atom is -0.494 e. The number of hydrogen-bond donors (Lipinski definition) is 3. The number of imide groups is 2. The first kappa shape index (κ1) is 44.1. The van der Waals surface area contributed by atoms with Gasteiger partial charge in [-0.2, -0.15) is 4.98 Å². The normalized spacial score (nSPS) is 18.7.